The maximum Gasteiger partial charge on any atom is 0.227 e. The SMILES string of the molecule is CC(C)(C)NC(=O)CCCOCCOCCOCCOCCNC(=O)CCC(=O)N1Cc2ccccc2C2C(N=NN2CCOCCOCCOCCOCCC(=O)C(C)(C)C)c2ccccc21. The van der Waals surface area contributed by atoms with Crippen molar-refractivity contribution >= 4 is 29.2 Å². The number of ketones is 1. The van der Waals surface area contributed by atoms with Crippen LogP contribution in [0.15, 0.2) is 58.9 Å². The van der Waals surface area contributed by atoms with Crippen LogP contribution in [0.1, 0.15) is 102 Å². The van der Waals surface area contributed by atoms with Gasteiger partial charge in [-0.15, -0.1) is 0 Å². The first-order chi connectivity index (χ1) is 32.7. The van der Waals surface area contributed by atoms with Gasteiger partial charge in [0.05, 0.1) is 112 Å². The third-order valence-corrected chi connectivity index (χ3v) is 10.8. The average Bonchev–Trinajstić information content (AvgIpc) is 3.71. The maximum absolute atomic E-state index is 13.9. The Kier molecular flexibility index (Phi) is 25.6. The Hall–Kier alpha value is -4.40. The summed E-state index contributed by atoms with van der Waals surface area (Å²) in [5.41, 5.74) is 3.08. The number of carbonyl (C=O) groups is 4. The van der Waals surface area contributed by atoms with Gasteiger partial charge in [0.1, 0.15) is 17.9 Å². The van der Waals surface area contributed by atoms with Crippen LogP contribution >= 0.6 is 0 Å². The molecule has 2 heterocycles. The standard InChI is InChI=1S/C50H78N6O12/c1-49(2,3)43(57)19-23-62-27-31-66-35-37-68-33-29-64-25-21-56-48-40-13-8-7-12-39(40)38-55(42-15-10-9-14-41(42)47(48)53-54-56)46(60)18-17-44(58)51-20-24-63-28-32-67-36-34-65-30-26-61-22-11-16-45(59)52-50(4,5)6/h7-10,12-15,47-48H,11,16-38H2,1-6H3,(H,51,58)(H,52,59). The molecule has 2 atom stereocenters. The Morgan fingerprint density at radius 2 is 1.12 bits per heavy atom. The number of hydrogen-bond donors (Lipinski definition) is 2. The highest BCUT2D eigenvalue weighted by Crippen LogP contribution is 2.48. The lowest BCUT2D eigenvalue weighted by Gasteiger charge is -2.35. The van der Waals surface area contributed by atoms with Gasteiger partial charge in [-0.25, -0.2) is 0 Å². The van der Waals surface area contributed by atoms with Crippen molar-refractivity contribution in [2.75, 3.05) is 124 Å². The molecule has 18 heteroatoms. The summed E-state index contributed by atoms with van der Waals surface area (Å²) in [5, 5.41) is 17.1. The molecule has 18 nitrogen and oxygen atoms in total. The number of amides is 3. The van der Waals surface area contributed by atoms with E-state index in [1.165, 1.54) is 0 Å². The van der Waals surface area contributed by atoms with Crippen molar-refractivity contribution < 1.29 is 57.1 Å². The maximum atomic E-state index is 13.9. The lowest BCUT2D eigenvalue weighted by atomic mass is 9.87. The van der Waals surface area contributed by atoms with Crippen molar-refractivity contribution in [2.45, 2.75) is 97.8 Å². The van der Waals surface area contributed by atoms with Gasteiger partial charge in [0.2, 0.25) is 17.7 Å². The Labute approximate surface area is 403 Å². The number of fused-ring (bicyclic) bond motifs is 5. The quantitative estimate of drug-likeness (QED) is 0.0809. The number of hydrogen-bond acceptors (Lipinski definition) is 15. The number of nitrogens with one attached hydrogen (secondary N) is 2. The summed E-state index contributed by atoms with van der Waals surface area (Å²) < 4.78 is 44.8. The highest BCUT2D eigenvalue weighted by molar-refractivity contribution is 5.96. The van der Waals surface area contributed by atoms with Crippen molar-refractivity contribution in [3.63, 3.8) is 0 Å². The van der Waals surface area contributed by atoms with Gasteiger partial charge in [0.15, 0.2) is 0 Å². The molecule has 0 saturated carbocycles. The van der Waals surface area contributed by atoms with Gasteiger partial charge < -0.3 is 53.4 Å². The van der Waals surface area contributed by atoms with E-state index in [0.29, 0.717) is 145 Å². The minimum atomic E-state index is -0.355. The molecule has 2 aliphatic heterocycles. The molecule has 2 aromatic rings. The summed E-state index contributed by atoms with van der Waals surface area (Å²) >= 11 is 0. The van der Waals surface area contributed by atoms with Crippen molar-refractivity contribution in [1.82, 2.24) is 15.6 Å². The molecule has 0 fully saturated rings. The predicted octanol–water partition coefficient (Wildman–Crippen LogP) is 5.73. The van der Waals surface area contributed by atoms with Gasteiger partial charge in [-0.2, -0.15) is 5.11 Å². The van der Waals surface area contributed by atoms with E-state index in [1.807, 2.05) is 89.0 Å². The number of Topliss-reactive ketones (excluding diaryl/α,β-unsaturated/α-hetero) is 1. The summed E-state index contributed by atoms with van der Waals surface area (Å²) in [7, 11) is 0. The van der Waals surface area contributed by atoms with Crippen LogP contribution in [0.4, 0.5) is 5.69 Å². The summed E-state index contributed by atoms with van der Waals surface area (Å²) in [5.74, 6) is -0.180. The first-order valence-electron chi connectivity index (χ1n) is 24.1. The van der Waals surface area contributed by atoms with Gasteiger partial charge in [0.25, 0.3) is 0 Å². The fourth-order valence-corrected chi connectivity index (χ4v) is 7.32. The fourth-order valence-electron chi connectivity index (χ4n) is 7.32. The average molecular weight is 955 g/mol. The second-order valence-corrected chi connectivity index (χ2v) is 18.6. The van der Waals surface area contributed by atoms with Gasteiger partial charge >= 0.3 is 0 Å². The van der Waals surface area contributed by atoms with Crippen molar-refractivity contribution in [1.29, 1.82) is 0 Å². The minimum Gasteiger partial charge on any atom is -0.379 e. The van der Waals surface area contributed by atoms with Crippen molar-refractivity contribution in [3.05, 3.63) is 65.2 Å². The molecule has 0 bridgehead atoms. The molecule has 2 N–H and O–H groups in total. The van der Waals surface area contributed by atoms with Crippen LogP contribution in [0.5, 0.6) is 0 Å². The number of para-hydroxylation sites is 1. The van der Waals surface area contributed by atoms with E-state index in [0.717, 1.165) is 22.4 Å². The van der Waals surface area contributed by atoms with Gasteiger partial charge in [-0.05, 0) is 44.4 Å². The lowest BCUT2D eigenvalue weighted by Crippen LogP contribution is -2.40. The van der Waals surface area contributed by atoms with Crippen LogP contribution in [0.2, 0.25) is 0 Å². The molecule has 2 aliphatic rings. The number of carbonyl (C=O) groups excluding carboxylic acids is 4. The Bertz CT molecular complexity index is 1840. The second kappa shape index (κ2) is 31.0. The van der Waals surface area contributed by atoms with Crippen LogP contribution in [0, 0.1) is 5.41 Å². The van der Waals surface area contributed by atoms with Gasteiger partial charge in [-0.3, -0.25) is 24.2 Å². The van der Waals surface area contributed by atoms with Crippen LogP contribution in [0.3, 0.4) is 0 Å². The number of benzene rings is 2. The van der Waals surface area contributed by atoms with Crippen LogP contribution in [-0.4, -0.2) is 153 Å². The van der Waals surface area contributed by atoms with Crippen molar-refractivity contribution in [2.24, 2.45) is 15.8 Å². The molecule has 380 valence electrons. The molecule has 68 heavy (non-hydrogen) atoms. The molecule has 0 aliphatic carbocycles. The highest BCUT2D eigenvalue weighted by atomic mass is 16.6. The molecular weight excluding hydrogens is 877 g/mol. The zero-order valence-corrected chi connectivity index (χ0v) is 41.4. The molecule has 0 aromatic heterocycles. The number of rotatable bonds is 34. The third kappa shape index (κ3) is 21.5. The fraction of sp³-hybridized carbons (Fsp3) is 0.680. The topological polar surface area (TPSA) is 197 Å². The molecular formula is C50H78N6O12. The molecule has 2 unspecified atom stereocenters. The first kappa shape index (κ1) is 56.2. The highest BCUT2D eigenvalue weighted by Gasteiger charge is 2.40. The molecule has 2 aromatic carbocycles. The normalized spacial score (nSPS) is 15.6. The Morgan fingerprint density at radius 1 is 0.588 bits per heavy atom. The summed E-state index contributed by atoms with van der Waals surface area (Å²) in [4.78, 5) is 52.3. The van der Waals surface area contributed by atoms with Crippen LogP contribution in [-0.2, 0) is 63.6 Å². The number of ether oxygens (including phenoxy) is 8. The number of anilines is 1. The summed E-state index contributed by atoms with van der Waals surface area (Å²) in [6.45, 7) is 19.5. The van der Waals surface area contributed by atoms with Gasteiger partial charge in [0, 0.05) is 61.0 Å². The lowest BCUT2D eigenvalue weighted by molar-refractivity contribution is -0.127. The summed E-state index contributed by atoms with van der Waals surface area (Å²) in [6, 6.07) is 15.3. The molecule has 0 saturated heterocycles. The molecule has 0 radical (unpaired) electrons. The van der Waals surface area contributed by atoms with Crippen molar-refractivity contribution in [3.8, 4) is 0 Å². The van der Waals surface area contributed by atoms with Gasteiger partial charge in [-0.1, -0.05) is 68.5 Å². The van der Waals surface area contributed by atoms with E-state index < -0.39 is 0 Å². The van der Waals surface area contributed by atoms with E-state index in [4.69, 9.17) is 43.0 Å². The van der Waals surface area contributed by atoms with E-state index in [1.54, 1.807) is 4.90 Å². The van der Waals surface area contributed by atoms with E-state index in [2.05, 4.69) is 21.9 Å². The Balaban J connectivity index is 1.07. The third-order valence-electron chi connectivity index (χ3n) is 10.8. The first-order valence-corrected chi connectivity index (χ1v) is 24.1. The van der Waals surface area contributed by atoms with E-state index in [-0.39, 0.29) is 59.4 Å². The van der Waals surface area contributed by atoms with Crippen LogP contribution in [0.25, 0.3) is 0 Å². The predicted molar refractivity (Wildman–Crippen MR) is 256 cm³/mol. The molecule has 3 amide bonds. The zero-order valence-electron chi connectivity index (χ0n) is 41.4. The minimum absolute atomic E-state index is 0.0246. The second-order valence-electron chi connectivity index (χ2n) is 18.6. The monoisotopic (exact) mass is 955 g/mol. The summed E-state index contributed by atoms with van der Waals surface area (Å²) in [6.07, 6.45) is 1.58. The smallest absolute Gasteiger partial charge is 0.227 e. The zero-order chi connectivity index (χ0) is 49.0. The number of nitrogens with zero attached hydrogens (tertiary/aromatic N) is 4. The Morgan fingerprint density at radius 3 is 1.72 bits per heavy atom. The van der Waals surface area contributed by atoms with E-state index in [9.17, 15) is 19.2 Å². The molecule has 4 rings (SSSR count). The van der Waals surface area contributed by atoms with E-state index >= 15 is 0 Å². The van der Waals surface area contributed by atoms with Crippen LogP contribution < -0.4 is 15.5 Å². The molecule has 0 spiro atoms. The largest absolute Gasteiger partial charge is 0.379 e.